The highest BCUT2D eigenvalue weighted by Crippen LogP contribution is 2.34. The summed E-state index contributed by atoms with van der Waals surface area (Å²) >= 11 is 1.29. The Labute approximate surface area is 129 Å². The fourth-order valence-corrected chi connectivity index (χ4v) is 2.98. The third-order valence-electron chi connectivity index (χ3n) is 3.58. The van der Waals surface area contributed by atoms with Crippen molar-refractivity contribution in [2.24, 2.45) is 5.92 Å². The van der Waals surface area contributed by atoms with E-state index in [-0.39, 0.29) is 11.9 Å². The zero-order valence-corrected chi connectivity index (χ0v) is 13.5. The van der Waals surface area contributed by atoms with Crippen molar-refractivity contribution in [2.45, 2.75) is 38.6 Å². The van der Waals surface area contributed by atoms with E-state index in [1.165, 1.54) is 24.2 Å². The monoisotopic (exact) mass is 312 g/mol. The first kappa shape index (κ1) is 16.0. The average molecular weight is 312 g/mol. The molecule has 4 N–H and O–H groups in total. The standard InChI is InChI=1S/C14H24N4O2S/c1-3-10(8-9-4-5-9)17-13(19)11-12(15)18-14(21-11)16-6-7-20-2/h9-10H,3-8,15H2,1-2H3,(H,16,18)(H,17,19). The Morgan fingerprint density at radius 3 is 2.95 bits per heavy atom. The minimum atomic E-state index is -0.114. The smallest absolute Gasteiger partial charge is 0.265 e. The maximum Gasteiger partial charge on any atom is 0.265 e. The molecule has 6 nitrogen and oxygen atoms in total. The molecule has 0 spiro atoms. The molecular weight excluding hydrogens is 288 g/mol. The Kier molecular flexibility index (Phi) is 5.81. The van der Waals surface area contributed by atoms with Gasteiger partial charge in [-0.25, -0.2) is 4.98 Å². The van der Waals surface area contributed by atoms with Crippen LogP contribution in [-0.4, -0.2) is 37.2 Å². The first-order valence-electron chi connectivity index (χ1n) is 7.44. The number of anilines is 2. The maximum absolute atomic E-state index is 12.3. The molecule has 1 amide bonds. The molecule has 1 atom stereocenters. The lowest BCUT2D eigenvalue weighted by molar-refractivity contribution is 0.0937. The largest absolute Gasteiger partial charge is 0.383 e. The Morgan fingerprint density at radius 1 is 1.57 bits per heavy atom. The van der Waals surface area contributed by atoms with E-state index in [0.717, 1.165) is 18.8 Å². The van der Waals surface area contributed by atoms with Crippen molar-refractivity contribution < 1.29 is 9.53 Å². The highest BCUT2D eigenvalue weighted by Gasteiger charge is 2.26. The number of aromatic nitrogens is 1. The normalized spacial score (nSPS) is 15.7. The minimum Gasteiger partial charge on any atom is -0.383 e. The van der Waals surface area contributed by atoms with Crippen molar-refractivity contribution in [3.05, 3.63) is 4.88 Å². The first-order chi connectivity index (χ1) is 10.1. The molecule has 1 heterocycles. The molecule has 0 radical (unpaired) electrons. The van der Waals surface area contributed by atoms with Gasteiger partial charge in [0, 0.05) is 19.7 Å². The van der Waals surface area contributed by atoms with Gasteiger partial charge in [0.1, 0.15) is 10.7 Å². The molecular formula is C14H24N4O2S. The Balaban J connectivity index is 1.90. The second-order valence-electron chi connectivity index (χ2n) is 5.41. The van der Waals surface area contributed by atoms with Gasteiger partial charge in [-0.15, -0.1) is 0 Å². The number of nitrogens with two attached hydrogens (primary N) is 1. The third kappa shape index (κ3) is 4.86. The van der Waals surface area contributed by atoms with Crippen molar-refractivity contribution in [1.29, 1.82) is 0 Å². The lowest BCUT2D eigenvalue weighted by Crippen LogP contribution is -2.34. The molecule has 0 aliphatic heterocycles. The van der Waals surface area contributed by atoms with Crippen LogP contribution in [0, 0.1) is 5.92 Å². The van der Waals surface area contributed by atoms with Crippen molar-refractivity contribution in [3.63, 3.8) is 0 Å². The molecule has 1 fully saturated rings. The number of methoxy groups -OCH3 is 1. The van der Waals surface area contributed by atoms with Gasteiger partial charge in [-0.2, -0.15) is 0 Å². The van der Waals surface area contributed by atoms with E-state index in [1.54, 1.807) is 7.11 Å². The van der Waals surface area contributed by atoms with Gasteiger partial charge in [0.15, 0.2) is 5.13 Å². The lowest BCUT2D eigenvalue weighted by atomic mass is 10.1. The number of thiazole rings is 1. The van der Waals surface area contributed by atoms with Crippen molar-refractivity contribution in [1.82, 2.24) is 10.3 Å². The van der Waals surface area contributed by atoms with Crippen molar-refractivity contribution >= 4 is 28.2 Å². The van der Waals surface area contributed by atoms with Gasteiger partial charge in [0.25, 0.3) is 5.91 Å². The summed E-state index contributed by atoms with van der Waals surface area (Å²) in [6, 6.07) is 0.233. The second-order valence-corrected chi connectivity index (χ2v) is 6.41. The zero-order valence-electron chi connectivity index (χ0n) is 12.6. The highest BCUT2D eigenvalue weighted by atomic mass is 32.1. The zero-order chi connectivity index (χ0) is 15.2. The number of rotatable bonds is 9. The summed E-state index contributed by atoms with van der Waals surface area (Å²) in [5.41, 5.74) is 5.84. The van der Waals surface area contributed by atoms with E-state index in [4.69, 9.17) is 10.5 Å². The van der Waals surface area contributed by atoms with Crippen LogP contribution in [-0.2, 0) is 4.74 Å². The van der Waals surface area contributed by atoms with Gasteiger partial charge in [0.2, 0.25) is 0 Å². The number of hydrogen-bond donors (Lipinski definition) is 3. The summed E-state index contributed by atoms with van der Waals surface area (Å²) in [7, 11) is 1.64. The van der Waals surface area contributed by atoms with Crippen LogP contribution in [0.25, 0.3) is 0 Å². The van der Waals surface area contributed by atoms with Crippen LogP contribution in [0.1, 0.15) is 42.3 Å². The second kappa shape index (κ2) is 7.61. The van der Waals surface area contributed by atoms with Gasteiger partial charge >= 0.3 is 0 Å². The number of nitrogens with zero attached hydrogens (tertiary/aromatic N) is 1. The molecule has 1 aromatic rings. The summed E-state index contributed by atoms with van der Waals surface area (Å²) in [5.74, 6) is 0.969. The Morgan fingerprint density at radius 2 is 2.33 bits per heavy atom. The number of amides is 1. The molecule has 0 saturated heterocycles. The fourth-order valence-electron chi connectivity index (χ4n) is 2.16. The molecule has 0 bridgehead atoms. The molecule has 1 aliphatic carbocycles. The molecule has 0 aromatic carbocycles. The number of ether oxygens (including phenoxy) is 1. The Bertz CT molecular complexity index is 474. The van der Waals surface area contributed by atoms with Gasteiger partial charge in [-0.3, -0.25) is 4.79 Å². The Hall–Kier alpha value is -1.34. The lowest BCUT2D eigenvalue weighted by Gasteiger charge is -2.15. The number of carbonyl (C=O) groups excluding carboxylic acids is 1. The fraction of sp³-hybridized carbons (Fsp3) is 0.714. The molecule has 1 aliphatic rings. The predicted molar refractivity (Wildman–Crippen MR) is 85.8 cm³/mol. The average Bonchev–Trinajstić information content (AvgIpc) is 3.20. The SMILES string of the molecule is CCC(CC1CC1)NC(=O)c1sc(NCCOC)nc1N. The van der Waals surface area contributed by atoms with E-state index in [1.807, 2.05) is 0 Å². The first-order valence-corrected chi connectivity index (χ1v) is 8.25. The van der Waals surface area contributed by atoms with Crippen LogP contribution in [0.5, 0.6) is 0 Å². The summed E-state index contributed by atoms with van der Waals surface area (Å²) in [5, 5.41) is 6.83. The van der Waals surface area contributed by atoms with Crippen LogP contribution in [0.4, 0.5) is 10.9 Å². The summed E-state index contributed by atoms with van der Waals surface area (Å²) < 4.78 is 4.96. The van der Waals surface area contributed by atoms with Gasteiger partial charge < -0.3 is 21.1 Å². The maximum atomic E-state index is 12.3. The van der Waals surface area contributed by atoms with Crippen LogP contribution < -0.4 is 16.4 Å². The van der Waals surface area contributed by atoms with Crippen LogP contribution >= 0.6 is 11.3 Å². The quantitative estimate of drug-likeness (QED) is 0.608. The number of hydrogen-bond acceptors (Lipinski definition) is 6. The molecule has 7 heteroatoms. The topological polar surface area (TPSA) is 89.3 Å². The van der Waals surface area contributed by atoms with E-state index < -0.39 is 0 Å². The number of carbonyl (C=O) groups is 1. The molecule has 1 unspecified atom stereocenters. The summed E-state index contributed by atoms with van der Waals surface area (Å²) in [4.78, 5) is 17.0. The van der Waals surface area contributed by atoms with Crippen LogP contribution in [0.3, 0.4) is 0 Å². The van der Waals surface area contributed by atoms with E-state index in [2.05, 4.69) is 22.5 Å². The molecule has 2 rings (SSSR count). The molecule has 1 saturated carbocycles. The highest BCUT2D eigenvalue weighted by molar-refractivity contribution is 7.18. The van der Waals surface area contributed by atoms with Crippen LogP contribution in [0.15, 0.2) is 0 Å². The van der Waals surface area contributed by atoms with E-state index in [0.29, 0.717) is 29.0 Å². The van der Waals surface area contributed by atoms with Gasteiger partial charge in [-0.1, -0.05) is 31.1 Å². The van der Waals surface area contributed by atoms with Crippen LogP contribution in [0.2, 0.25) is 0 Å². The predicted octanol–water partition coefficient (Wildman–Crippen LogP) is 2.09. The van der Waals surface area contributed by atoms with Crippen molar-refractivity contribution in [2.75, 3.05) is 31.3 Å². The number of nitrogen functional groups attached to an aromatic ring is 1. The number of nitrogens with one attached hydrogen (secondary N) is 2. The van der Waals surface area contributed by atoms with Gasteiger partial charge in [0.05, 0.1) is 6.61 Å². The molecule has 21 heavy (non-hydrogen) atoms. The van der Waals surface area contributed by atoms with E-state index in [9.17, 15) is 4.79 Å². The summed E-state index contributed by atoms with van der Waals surface area (Å²) in [6.45, 7) is 3.32. The third-order valence-corrected chi connectivity index (χ3v) is 4.61. The summed E-state index contributed by atoms with van der Waals surface area (Å²) in [6.07, 6.45) is 4.60. The minimum absolute atomic E-state index is 0.114. The molecule has 1 aromatic heterocycles. The van der Waals surface area contributed by atoms with Gasteiger partial charge in [-0.05, 0) is 18.8 Å². The molecule has 118 valence electrons. The van der Waals surface area contributed by atoms with Crippen molar-refractivity contribution in [3.8, 4) is 0 Å². The van der Waals surface area contributed by atoms with E-state index >= 15 is 0 Å².